The van der Waals surface area contributed by atoms with E-state index in [1.54, 1.807) is 36.3 Å². The molecule has 3 aromatic rings. The Labute approximate surface area is 192 Å². The number of nitrogens with zero attached hydrogens (tertiary/aromatic N) is 4. The fourth-order valence-electron chi connectivity index (χ4n) is 5.07. The Kier molecular flexibility index (Phi) is 5.11. The van der Waals surface area contributed by atoms with Gasteiger partial charge in [-0.1, -0.05) is 6.07 Å². The number of hydrogen-bond donors (Lipinski definition) is 2. The van der Waals surface area contributed by atoms with Gasteiger partial charge in [0.15, 0.2) is 0 Å². The number of anilines is 2. The van der Waals surface area contributed by atoms with Crippen LogP contribution in [-0.2, 0) is 13.7 Å². The maximum absolute atomic E-state index is 11.8. The first kappa shape index (κ1) is 20.4. The van der Waals surface area contributed by atoms with E-state index in [0.29, 0.717) is 12.5 Å². The van der Waals surface area contributed by atoms with Crippen molar-refractivity contribution in [2.45, 2.75) is 31.4 Å². The zero-order chi connectivity index (χ0) is 22.4. The molecule has 2 saturated heterocycles. The molecule has 0 saturated carbocycles. The van der Waals surface area contributed by atoms with E-state index in [2.05, 4.69) is 43.7 Å². The minimum atomic E-state index is -0.0524. The van der Waals surface area contributed by atoms with Crippen LogP contribution in [0.4, 0.5) is 11.5 Å². The van der Waals surface area contributed by atoms with Crippen molar-refractivity contribution in [3.8, 4) is 17.0 Å². The van der Waals surface area contributed by atoms with Crippen molar-refractivity contribution in [2.75, 3.05) is 31.5 Å². The maximum Gasteiger partial charge on any atom is 0.250 e. The molecule has 2 fully saturated rings. The third kappa shape index (κ3) is 3.79. The predicted molar refractivity (Wildman–Crippen MR) is 127 cm³/mol. The van der Waals surface area contributed by atoms with Crippen molar-refractivity contribution in [3.05, 3.63) is 64.3 Å². The molecule has 5 heterocycles. The molecular formula is C25H28N6O2. The molecule has 0 aliphatic carbocycles. The fraction of sp³-hybridized carbons (Fsp3) is 0.400. The molecule has 8 heteroatoms. The number of benzene rings is 1. The maximum atomic E-state index is 11.8. The minimum Gasteiger partial charge on any atom is -0.486 e. The van der Waals surface area contributed by atoms with E-state index in [1.807, 2.05) is 0 Å². The molecule has 0 amide bonds. The Morgan fingerprint density at radius 3 is 2.70 bits per heavy atom. The topological polar surface area (TPSA) is 84.3 Å². The van der Waals surface area contributed by atoms with Crippen LogP contribution < -0.4 is 20.9 Å². The molecule has 0 atom stereocenters. The smallest absolute Gasteiger partial charge is 0.250 e. The molecular weight excluding hydrogens is 416 g/mol. The third-order valence-electron chi connectivity index (χ3n) is 7.21. The highest BCUT2D eigenvalue weighted by atomic mass is 16.5. The van der Waals surface area contributed by atoms with E-state index < -0.39 is 0 Å². The van der Waals surface area contributed by atoms with E-state index in [1.165, 1.54) is 18.4 Å². The number of rotatable bonds is 3. The molecule has 3 aliphatic heterocycles. The lowest BCUT2D eigenvalue weighted by Crippen LogP contribution is -2.58. The summed E-state index contributed by atoms with van der Waals surface area (Å²) in [6.07, 6.45) is 5.73. The summed E-state index contributed by atoms with van der Waals surface area (Å²) < 4.78 is 7.74. The largest absolute Gasteiger partial charge is 0.486 e. The lowest BCUT2D eigenvalue weighted by atomic mass is 9.88. The van der Waals surface area contributed by atoms with E-state index in [0.717, 1.165) is 66.3 Å². The Hall–Kier alpha value is -3.23. The second kappa shape index (κ2) is 8.28. The van der Waals surface area contributed by atoms with Crippen LogP contribution in [0.25, 0.3) is 11.3 Å². The lowest BCUT2D eigenvalue weighted by molar-refractivity contribution is 0.113. The van der Waals surface area contributed by atoms with Gasteiger partial charge in [-0.2, -0.15) is 0 Å². The first-order valence-corrected chi connectivity index (χ1v) is 11.6. The Morgan fingerprint density at radius 2 is 1.94 bits per heavy atom. The number of likely N-dealkylation sites (tertiary alicyclic amines) is 1. The molecule has 1 aromatic carbocycles. The molecule has 0 radical (unpaired) electrons. The van der Waals surface area contributed by atoms with Crippen molar-refractivity contribution in [3.63, 3.8) is 0 Å². The molecule has 6 rings (SSSR count). The number of fused-ring (bicyclic) bond motifs is 2. The summed E-state index contributed by atoms with van der Waals surface area (Å²) in [7, 11) is 1.74. The molecule has 8 nitrogen and oxygen atoms in total. The summed E-state index contributed by atoms with van der Waals surface area (Å²) >= 11 is 0. The number of aromatic nitrogens is 3. The average molecular weight is 445 g/mol. The van der Waals surface area contributed by atoms with Gasteiger partial charge in [-0.15, -0.1) is 0 Å². The van der Waals surface area contributed by atoms with E-state index in [-0.39, 0.29) is 5.56 Å². The van der Waals surface area contributed by atoms with Gasteiger partial charge in [-0.05, 0) is 55.6 Å². The van der Waals surface area contributed by atoms with Crippen molar-refractivity contribution >= 4 is 11.5 Å². The number of pyridine rings is 1. The highest BCUT2D eigenvalue weighted by Crippen LogP contribution is 2.39. The monoisotopic (exact) mass is 444 g/mol. The first-order chi connectivity index (χ1) is 16.2. The van der Waals surface area contributed by atoms with Gasteiger partial charge < -0.3 is 19.9 Å². The molecule has 0 unspecified atom stereocenters. The van der Waals surface area contributed by atoms with Crippen LogP contribution in [0.5, 0.6) is 5.75 Å². The average Bonchev–Trinajstić information content (AvgIpc) is 2.99. The van der Waals surface area contributed by atoms with Gasteiger partial charge in [-0.25, -0.2) is 9.97 Å². The van der Waals surface area contributed by atoms with Gasteiger partial charge in [0.25, 0.3) is 0 Å². The van der Waals surface area contributed by atoms with E-state index >= 15 is 0 Å². The van der Waals surface area contributed by atoms with Gasteiger partial charge in [0.1, 0.15) is 24.5 Å². The Morgan fingerprint density at radius 1 is 1.09 bits per heavy atom. The van der Waals surface area contributed by atoms with Crippen LogP contribution in [-0.4, -0.2) is 51.7 Å². The molecule has 3 aliphatic rings. The summed E-state index contributed by atoms with van der Waals surface area (Å²) in [5, 5.41) is 6.88. The molecule has 0 bridgehead atoms. The van der Waals surface area contributed by atoms with Gasteiger partial charge in [0.05, 0.1) is 16.9 Å². The zero-order valence-electron chi connectivity index (χ0n) is 18.8. The van der Waals surface area contributed by atoms with Gasteiger partial charge in [0.2, 0.25) is 5.56 Å². The molecule has 0 spiro atoms. The van der Waals surface area contributed by atoms with E-state index in [9.17, 15) is 4.79 Å². The number of nitrogens with one attached hydrogen (secondary N) is 2. The first-order valence-electron chi connectivity index (χ1n) is 11.6. The molecule has 170 valence electrons. The summed E-state index contributed by atoms with van der Waals surface area (Å²) in [6, 6.07) is 10.6. The van der Waals surface area contributed by atoms with Crippen LogP contribution in [0.2, 0.25) is 0 Å². The van der Waals surface area contributed by atoms with Crippen molar-refractivity contribution in [2.24, 2.45) is 7.05 Å². The Balaban J connectivity index is 1.26. The standard InChI is InChI=1S/C25H28N6O2/c1-30-13-18(3-5-23(30)32)24-20-14-33-22-4-2-17(10-21(22)29-25(20)28-15-27-24)16-6-8-31(9-7-16)19-11-26-12-19/h2-5,10,13,15-16,19,26H,6-9,11-12,14H2,1H3,(H,27,28,29). The van der Waals surface area contributed by atoms with Gasteiger partial charge >= 0.3 is 0 Å². The number of hydrogen-bond acceptors (Lipinski definition) is 7. The zero-order valence-corrected chi connectivity index (χ0v) is 18.8. The number of piperidine rings is 1. The predicted octanol–water partition coefficient (Wildman–Crippen LogP) is 2.63. The second-order valence-electron chi connectivity index (χ2n) is 9.21. The summed E-state index contributed by atoms with van der Waals surface area (Å²) in [5.41, 5.74) is 4.77. The van der Waals surface area contributed by atoms with Crippen molar-refractivity contribution in [1.29, 1.82) is 0 Å². The van der Waals surface area contributed by atoms with Crippen LogP contribution in [0, 0.1) is 0 Å². The van der Waals surface area contributed by atoms with Crippen LogP contribution in [0.1, 0.15) is 29.9 Å². The molecule has 33 heavy (non-hydrogen) atoms. The van der Waals surface area contributed by atoms with Crippen molar-refractivity contribution < 1.29 is 4.74 Å². The van der Waals surface area contributed by atoms with Crippen LogP contribution in [0.15, 0.2) is 47.7 Å². The summed E-state index contributed by atoms with van der Waals surface area (Å²) in [4.78, 5) is 23.5. The lowest BCUT2D eigenvalue weighted by Gasteiger charge is -2.42. The van der Waals surface area contributed by atoms with Crippen LogP contribution >= 0.6 is 0 Å². The second-order valence-corrected chi connectivity index (χ2v) is 9.21. The summed E-state index contributed by atoms with van der Waals surface area (Å²) in [5.74, 6) is 2.13. The van der Waals surface area contributed by atoms with Gasteiger partial charge in [-0.3, -0.25) is 9.69 Å². The molecule has 2 N–H and O–H groups in total. The third-order valence-corrected chi connectivity index (χ3v) is 7.21. The highest BCUT2D eigenvalue weighted by Gasteiger charge is 2.29. The molecule has 2 aromatic heterocycles. The highest BCUT2D eigenvalue weighted by molar-refractivity contribution is 5.74. The van der Waals surface area contributed by atoms with Gasteiger partial charge in [0, 0.05) is 44.0 Å². The normalized spacial score (nSPS) is 18.9. The minimum absolute atomic E-state index is 0.0524. The van der Waals surface area contributed by atoms with Crippen molar-refractivity contribution in [1.82, 2.24) is 24.8 Å². The van der Waals surface area contributed by atoms with E-state index in [4.69, 9.17) is 4.74 Å². The quantitative estimate of drug-likeness (QED) is 0.642. The number of aryl methyl sites for hydroxylation is 1. The fourth-order valence-corrected chi connectivity index (χ4v) is 5.07. The Bertz CT molecular complexity index is 1240. The van der Waals surface area contributed by atoms with Crippen LogP contribution in [0.3, 0.4) is 0 Å². The summed E-state index contributed by atoms with van der Waals surface area (Å²) in [6.45, 7) is 4.95. The number of ether oxygens (including phenoxy) is 1. The SMILES string of the molecule is Cn1cc(-c2ncnc3c2COc2ccc(C4CCN(C5CNC5)CC4)cc2N3)ccc1=O.